The largest absolute Gasteiger partial charge is 0.481 e. The van der Waals surface area contributed by atoms with E-state index in [1.165, 1.54) is 0 Å². The van der Waals surface area contributed by atoms with Crippen molar-refractivity contribution in [3.05, 3.63) is 42.5 Å². The van der Waals surface area contributed by atoms with Crippen LogP contribution in [0.15, 0.2) is 36.9 Å². The van der Waals surface area contributed by atoms with Gasteiger partial charge in [-0.15, -0.1) is 6.58 Å². The molecule has 1 aromatic carbocycles. The fourth-order valence-electron chi connectivity index (χ4n) is 1.24. The lowest BCUT2D eigenvalue weighted by molar-refractivity contribution is -0.127. The van der Waals surface area contributed by atoms with Gasteiger partial charge in [-0.3, -0.25) is 9.59 Å². The topological polar surface area (TPSA) is 55.4 Å². The number of hydrogen-bond donors (Lipinski definition) is 1. The molecule has 1 atom stereocenters. The quantitative estimate of drug-likeness (QED) is 0.599. The lowest BCUT2D eigenvalue weighted by Crippen LogP contribution is -2.36. The van der Waals surface area contributed by atoms with Crippen molar-refractivity contribution in [2.24, 2.45) is 0 Å². The Labute approximate surface area is 100 Å². The summed E-state index contributed by atoms with van der Waals surface area (Å²) < 4.78 is 5.41. The minimum Gasteiger partial charge on any atom is -0.481 e. The number of carbonyl (C=O) groups is 2. The summed E-state index contributed by atoms with van der Waals surface area (Å²) >= 11 is 0. The highest BCUT2D eigenvalue weighted by molar-refractivity contribution is 5.81. The molecule has 4 nitrogen and oxygen atoms in total. The first-order valence-corrected chi connectivity index (χ1v) is 5.28. The SMILES string of the molecule is C=CCNC(=O)C(C)Oc1cccc(C=O)c1. The minimum absolute atomic E-state index is 0.221. The third-order valence-corrected chi connectivity index (χ3v) is 2.10. The molecule has 0 saturated carbocycles. The summed E-state index contributed by atoms with van der Waals surface area (Å²) in [5.74, 6) is 0.275. The van der Waals surface area contributed by atoms with E-state index in [2.05, 4.69) is 11.9 Å². The van der Waals surface area contributed by atoms with Crippen molar-refractivity contribution in [1.29, 1.82) is 0 Å². The van der Waals surface area contributed by atoms with Crippen molar-refractivity contribution < 1.29 is 14.3 Å². The maximum absolute atomic E-state index is 11.5. The van der Waals surface area contributed by atoms with Crippen LogP contribution in [0.1, 0.15) is 17.3 Å². The van der Waals surface area contributed by atoms with Crippen molar-refractivity contribution in [3.63, 3.8) is 0 Å². The van der Waals surface area contributed by atoms with Gasteiger partial charge in [0.2, 0.25) is 0 Å². The number of nitrogens with one attached hydrogen (secondary N) is 1. The molecule has 0 aliphatic heterocycles. The molecule has 1 amide bonds. The molecule has 0 bridgehead atoms. The number of rotatable bonds is 6. The second kappa shape index (κ2) is 6.48. The lowest BCUT2D eigenvalue weighted by atomic mass is 10.2. The Kier molecular flexibility index (Phi) is 4.94. The fourth-order valence-corrected chi connectivity index (χ4v) is 1.24. The molecule has 0 aliphatic carbocycles. The molecule has 4 heteroatoms. The molecule has 17 heavy (non-hydrogen) atoms. The van der Waals surface area contributed by atoms with Gasteiger partial charge in [-0.05, 0) is 19.1 Å². The monoisotopic (exact) mass is 233 g/mol. The standard InChI is InChI=1S/C13H15NO3/c1-3-7-14-13(16)10(2)17-12-6-4-5-11(8-12)9-15/h3-6,8-10H,1,7H2,2H3,(H,14,16). The van der Waals surface area contributed by atoms with Gasteiger partial charge in [0.05, 0.1) is 0 Å². The third kappa shape index (κ3) is 4.10. The van der Waals surface area contributed by atoms with Gasteiger partial charge in [0.15, 0.2) is 6.10 Å². The second-order valence-corrected chi connectivity index (χ2v) is 3.48. The molecule has 90 valence electrons. The van der Waals surface area contributed by atoms with Crippen molar-refractivity contribution in [2.75, 3.05) is 6.54 Å². The van der Waals surface area contributed by atoms with E-state index in [0.717, 1.165) is 6.29 Å². The van der Waals surface area contributed by atoms with Crippen LogP contribution in [0.2, 0.25) is 0 Å². The number of carbonyl (C=O) groups excluding carboxylic acids is 2. The molecule has 0 spiro atoms. The maximum atomic E-state index is 11.5. The first-order valence-electron chi connectivity index (χ1n) is 5.28. The van der Waals surface area contributed by atoms with Gasteiger partial charge in [0, 0.05) is 12.1 Å². The Hall–Kier alpha value is -2.10. The Morgan fingerprint density at radius 3 is 3.00 bits per heavy atom. The van der Waals surface area contributed by atoms with Gasteiger partial charge in [0.1, 0.15) is 12.0 Å². The fraction of sp³-hybridized carbons (Fsp3) is 0.231. The first-order chi connectivity index (χ1) is 8.17. The van der Waals surface area contributed by atoms with E-state index >= 15 is 0 Å². The van der Waals surface area contributed by atoms with Gasteiger partial charge in [-0.25, -0.2) is 0 Å². The first kappa shape index (κ1) is 13.0. The summed E-state index contributed by atoms with van der Waals surface area (Å²) in [6, 6.07) is 6.66. The Bertz CT molecular complexity index is 415. The van der Waals surface area contributed by atoms with Crippen LogP contribution >= 0.6 is 0 Å². The Balaban J connectivity index is 2.60. The molecule has 1 aromatic rings. The van der Waals surface area contributed by atoms with Gasteiger partial charge in [-0.1, -0.05) is 18.2 Å². The molecule has 1 unspecified atom stereocenters. The molecular weight excluding hydrogens is 218 g/mol. The third-order valence-electron chi connectivity index (χ3n) is 2.10. The Morgan fingerprint density at radius 1 is 1.59 bits per heavy atom. The van der Waals surface area contributed by atoms with E-state index in [4.69, 9.17) is 4.74 Å². The normalized spacial score (nSPS) is 11.4. The molecule has 0 aliphatic rings. The highest BCUT2D eigenvalue weighted by atomic mass is 16.5. The minimum atomic E-state index is -0.614. The average molecular weight is 233 g/mol. The van der Waals surface area contributed by atoms with Crippen molar-refractivity contribution in [3.8, 4) is 5.75 Å². The zero-order chi connectivity index (χ0) is 12.7. The van der Waals surface area contributed by atoms with Crippen LogP contribution in [0, 0.1) is 0 Å². The summed E-state index contributed by atoms with van der Waals surface area (Å²) in [5, 5.41) is 2.63. The molecule has 0 radical (unpaired) electrons. The summed E-state index contributed by atoms with van der Waals surface area (Å²) in [4.78, 5) is 22.1. The van der Waals surface area contributed by atoms with E-state index in [1.54, 1.807) is 37.3 Å². The van der Waals surface area contributed by atoms with E-state index in [-0.39, 0.29) is 5.91 Å². The molecule has 1 N–H and O–H groups in total. The van der Waals surface area contributed by atoms with Gasteiger partial charge in [0.25, 0.3) is 5.91 Å². The van der Waals surface area contributed by atoms with E-state index in [0.29, 0.717) is 17.9 Å². The van der Waals surface area contributed by atoms with E-state index in [9.17, 15) is 9.59 Å². The molecule has 1 rings (SSSR count). The predicted molar refractivity (Wildman–Crippen MR) is 65.1 cm³/mol. The number of amides is 1. The van der Waals surface area contributed by atoms with Gasteiger partial charge >= 0.3 is 0 Å². The van der Waals surface area contributed by atoms with Crippen LogP contribution in [0.3, 0.4) is 0 Å². The summed E-state index contributed by atoms with van der Waals surface area (Å²) in [7, 11) is 0. The van der Waals surface area contributed by atoms with Gasteiger partial charge in [-0.2, -0.15) is 0 Å². The second-order valence-electron chi connectivity index (χ2n) is 3.48. The smallest absolute Gasteiger partial charge is 0.261 e. The summed E-state index contributed by atoms with van der Waals surface area (Å²) in [6.45, 7) is 5.55. The zero-order valence-corrected chi connectivity index (χ0v) is 9.68. The number of aldehydes is 1. The van der Waals surface area contributed by atoms with Crippen LogP contribution in [0.5, 0.6) is 5.75 Å². The van der Waals surface area contributed by atoms with Crippen LogP contribution in [0.25, 0.3) is 0 Å². The van der Waals surface area contributed by atoms with Crippen LogP contribution in [-0.2, 0) is 4.79 Å². The number of hydrogen-bond acceptors (Lipinski definition) is 3. The summed E-state index contributed by atoms with van der Waals surface area (Å²) in [6.07, 6.45) is 1.71. The highest BCUT2D eigenvalue weighted by Crippen LogP contribution is 2.13. The highest BCUT2D eigenvalue weighted by Gasteiger charge is 2.13. The van der Waals surface area contributed by atoms with E-state index < -0.39 is 6.10 Å². The average Bonchev–Trinajstić information content (AvgIpc) is 2.36. The number of benzene rings is 1. The Morgan fingerprint density at radius 2 is 2.35 bits per heavy atom. The lowest BCUT2D eigenvalue weighted by Gasteiger charge is -2.14. The van der Waals surface area contributed by atoms with Crippen molar-refractivity contribution >= 4 is 12.2 Å². The molecule has 0 fully saturated rings. The molecule has 0 aromatic heterocycles. The molecule has 0 saturated heterocycles. The zero-order valence-electron chi connectivity index (χ0n) is 9.68. The van der Waals surface area contributed by atoms with Gasteiger partial charge < -0.3 is 10.1 Å². The molecular formula is C13H15NO3. The molecule has 0 heterocycles. The predicted octanol–water partition coefficient (Wildman–Crippen LogP) is 1.57. The van der Waals surface area contributed by atoms with Crippen molar-refractivity contribution in [2.45, 2.75) is 13.0 Å². The maximum Gasteiger partial charge on any atom is 0.261 e. The van der Waals surface area contributed by atoms with E-state index in [1.807, 2.05) is 0 Å². The van der Waals surface area contributed by atoms with Crippen LogP contribution in [0.4, 0.5) is 0 Å². The van der Waals surface area contributed by atoms with Crippen LogP contribution in [-0.4, -0.2) is 24.8 Å². The van der Waals surface area contributed by atoms with Crippen LogP contribution < -0.4 is 10.1 Å². The number of ether oxygens (including phenoxy) is 1. The summed E-state index contributed by atoms with van der Waals surface area (Å²) in [5.41, 5.74) is 0.515. The van der Waals surface area contributed by atoms with Crippen molar-refractivity contribution in [1.82, 2.24) is 5.32 Å².